The highest BCUT2D eigenvalue weighted by Gasteiger charge is 2.42. The number of amides is 2. The molecular formula is C27H30N6O9S. The minimum atomic E-state index is -0.764. The molecule has 228 valence electrons. The maximum atomic E-state index is 13.4. The summed E-state index contributed by atoms with van der Waals surface area (Å²) < 4.78 is 10.5. The van der Waals surface area contributed by atoms with Crippen LogP contribution in [-0.2, 0) is 32.3 Å². The number of carbonyl (C=O) groups is 3. The van der Waals surface area contributed by atoms with Gasteiger partial charge in [0.25, 0.3) is 11.4 Å². The zero-order valence-corrected chi connectivity index (χ0v) is 23.8. The zero-order chi connectivity index (χ0) is 31.1. The molecule has 3 atom stereocenters. The van der Waals surface area contributed by atoms with Crippen molar-refractivity contribution in [3.05, 3.63) is 79.9 Å². The maximum Gasteiger partial charge on any atom is 0.410 e. The number of likely N-dealkylation sites (tertiary alicyclic amines) is 2. The molecule has 0 saturated carbocycles. The van der Waals surface area contributed by atoms with Crippen molar-refractivity contribution in [1.29, 1.82) is 5.41 Å². The first-order chi connectivity index (χ1) is 20.5. The smallest absolute Gasteiger partial charge is 0.410 e. The molecule has 43 heavy (non-hydrogen) atoms. The second-order valence-corrected chi connectivity index (χ2v) is 10.9. The summed E-state index contributed by atoms with van der Waals surface area (Å²) in [6.07, 6.45) is -0.112. The van der Waals surface area contributed by atoms with Crippen LogP contribution in [0.3, 0.4) is 0 Å². The average molecular weight is 615 g/mol. The Kier molecular flexibility index (Phi) is 10.1. The lowest BCUT2D eigenvalue weighted by Crippen LogP contribution is -2.48. The Bertz CT molecular complexity index is 1390. The highest BCUT2D eigenvalue weighted by atomic mass is 32.1. The van der Waals surface area contributed by atoms with Crippen LogP contribution in [-0.4, -0.2) is 80.4 Å². The number of nitrogens with one attached hydrogen (secondary N) is 2. The summed E-state index contributed by atoms with van der Waals surface area (Å²) in [4.78, 5) is 61.8. The van der Waals surface area contributed by atoms with E-state index in [0.29, 0.717) is 30.5 Å². The third kappa shape index (κ3) is 8.41. The van der Waals surface area contributed by atoms with E-state index in [1.54, 1.807) is 4.90 Å². The van der Waals surface area contributed by atoms with Gasteiger partial charge in [0.05, 0.1) is 9.85 Å². The van der Waals surface area contributed by atoms with Gasteiger partial charge in [-0.05, 0) is 48.2 Å². The number of hydrogen-bond donors (Lipinski definition) is 3. The first-order valence-corrected chi connectivity index (χ1v) is 13.9. The van der Waals surface area contributed by atoms with Gasteiger partial charge in [-0.1, -0.05) is 0 Å². The van der Waals surface area contributed by atoms with Gasteiger partial charge in [-0.15, -0.1) is 0 Å². The summed E-state index contributed by atoms with van der Waals surface area (Å²) in [5.41, 5.74) is 0.986. The molecule has 2 fully saturated rings. The minimum absolute atomic E-state index is 0.0688. The van der Waals surface area contributed by atoms with Crippen LogP contribution < -0.4 is 5.32 Å². The van der Waals surface area contributed by atoms with E-state index in [9.17, 15) is 34.6 Å². The zero-order valence-electron chi connectivity index (χ0n) is 22.9. The number of rotatable bonds is 10. The molecular weight excluding hydrogens is 584 g/mol. The third-order valence-corrected chi connectivity index (χ3v) is 7.43. The molecule has 0 bridgehead atoms. The molecule has 2 N–H and O–H groups in total. The molecule has 0 unspecified atom stereocenters. The Labute approximate surface area is 251 Å². The lowest BCUT2D eigenvalue weighted by atomic mass is 10.2. The van der Waals surface area contributed by atoms with Crippen LogP contribution in [0, 0.1) is 25.6 Å². The van der Waals surface area contributed by atoms with Crippen molar-refractivity contribution in [2.24, 2.45) is 0 Å². The molecule has 16 heteroatoms. The predicted molar refractivity (Wildman–Crippen MR) is 155 cm³/mol. The Morgan fingerprint density at radius 2 is 1.49 bits per heavy atom. The molecule has 2 aromatic carbocycles. The number of nitro groups is 2. The summed E-state index contributed by atoms with van der Waals surface area (Å²) in [6, 6.07) is 10.2. The van der Waals surface area contributed by atoms with Crippen molar-refractivity contribution in [2.45, 2.75) is 49.8 Å². The van der Waals surface area contributed by atoms with Crippen LogP contribution in [0.4, 0.5) is 16.2 Å². The van der Waals surface area contributed by atoms with Crippen LogP contribution in [0.1, 0.15) is 30.4 Å². The Morgan fingerprint density at radius 1 is 0.930 bits per heavy atom. The summed E-state index contributed by atoms with van der Waals surface area (Å²) in [5, 5.41) is 32.4. The van der Waals surface area contributed by atoms with Gasteiger partial charge in [-0.25, -0.2) is 4.79 Å². The predicted octanol–water partition coefficient (Wildman–Crippen LogP) is 2.81. The molecule has 2 heterocycles. The molecule has 2 saturated heterocycles. The normalized spacial score (nSPS) is 19.5. The molecule has 2 amide bonds. The Morgan fingerprint density at radius 3 is 2.05 bits per heavy atom. The number of nitro benzene ring substituents is 2. The van der Waals surface area contributed by atoms with Crippen LogP contribution in [0.15, 0.2) is 48.5 Å². The molecule has 0 aliphatic carbocycles. The standard InChI is InChI=1S/C27H30N6O9S/c28-24(12-25(34)41-15-17-1-5-20(6-2-17)32(37)38)29-19-9-10-30(13-19)26(35)23-11-22(43)14-31(23)27(36)42-16-18-3-7-21(8-4-18)33(39)40/h1-8,19,22-23,43H,9-16H2,(H2,28,29)/t19-,22-,23-/m0/s1. The lowest BCUT2D eigenvalue weighted by molar-refractivity contribution is -0.385. The molecule has 2 aliphatic rings. The number of thiol groups is 1. The largest absolute Gasteiger partial charge is 0.460 e. The monoisotopic (exact) mass is 614 g/mol. The quantitative estimate of drug-likeness (QED) is 0.0893. The SMILES string of the molecule is N=C(CC(=O)OCc1ccc([N+](=O)[O-])cc1)N[C@H]1CCN(C(=O)[C@@H]2C[C@H](S)CN2C(=O)OCc2ccc([N+](=O)[O-])cc2)C1. The summed E-state index contributed by atoms with van der Waals surface area (Å²) in [7, 11) is 0. The number of esters is 1. The highest BCUT2D eigenvalue weighted by molar-refractivity contribution is 7.81. The molecule has 2 aromatic rings. The number of carbonyl (C=O) groups excluding carboxylic acids is 3. The maximum absolute atomic E-state index is 13.4. The van der Waals surface area contributed by atoms with E-state index in [0.717, 1.165) is 0 Å². The fourth-order valence-corrected chi connectivity index (χ4v) is 5.23. The molecule has 0 spiro atoms. The van der Waals surface area contributed by atoms with Crippen molar-refractivity contribution in [3.63, 3.8) is 0 Å². The first-order valence-electron chi connectivity index (χ1n) is 13.4. The van der Waals surface area contributed by atoms with Gasteiger partial charge in [0.15, 0.2) is 0 Å². The third-order valence-electron chi connectivity index (χ3n) is 7.05. The molecule has 0 aromatic heterocycles. The van der Waals surface area contributed by atoms with Crippen LogP contribution in [0.2, 0.25) is 0 Å². The van der Waals surface area contributed by atoms with E-state index in [2.05, 4.69) is 17.9 Å². The second kappa shape index (κ2) is 14.0. The van der Waals surface area contributed by atoms with Crippen molar-refractivity contribution >= 4 is 47.8 Å². The van der Waals surface area contributed by atoms with Gasteiger partial charge in [-0.2, -0.15) is 12.6 Å². The lowest BCUT2D eigenvalue weighted by Gasteiger charge is -2.27. The highest BCUT2D eigenvalue weighted by Crippen LogP contribution is 2.26. The average Bonchev–Trinajstić information content (AvgIpc) is 3.61. The van der Waals surface area contributed by atoms with Gasteiger partial charge in [0.1, 0.15) is 31.5 Å². The van der Waals surface area contributed by atoms with Crippen LogP contribution in [0.5, 0.6) is 0 Å². The van der Waals surface area contributed by atoms with E-state index in [1.807, 2.05) is 0 Å². The van der Waals surface area contributed by atoms with Crippen LogP contribution >= 0.6 is 12.6 Å². The van der Waals surface area contributed by atoms with Crippen molar-refractivity contribution < 1.29 is 33.7 Å². The van der Waals surface area contributed by atoms with Crippen molar-refractivity contribution in [2.75, 3.05) is 19.6 Å². The van der Waals surface area contributed by atoms with Crippen molar-refractivity contribution in [3.8, 4) is 0 Å². The number of amidine groups is 1. The van der Waals surface area contributed by atoms with E-state index >= 15 is 0 Å². The molecule has 4 rings (SSSR count). The summed E-state index contributed by atoms with van der Waals surface area (Å²) >= 11 is 4.46. The van der Waals surface area contributed by atoms with Gasteiger partial charge in [0.2, 0.25) is 5.91 Å². The second-order valence-electron chi connectivity index (χ2n) is 10.2. The number of ether oxygens (including phenoxy) is 2. The topological polar surface area (TPSA) is 198 Å². The Hall–Kier alpha value is -4.73. The number of non-ortho nitro benzene ring substituents is 2. The van der Waals surface area contributed by atoms with Gasteiger partial charge in [-0.3, -0.25) is 40.1 Å². The number of benzene rings is 2. The molecule has 0 radical (unpaired) electrons. The summed E-state index contributed by atoms with van der Waals surface area (Å²) in [5.74, 6) is -0.974. The number of hydrogen-bond acceptors (Lipinski definition) is 11. The van der Waals surface area contributed by atoms with E-state index < -0.39 is 28.0 Å². The number of nitrogens with zero attached hydrogens (tertiary/aromatic N) is 4. The van der Waals surface area contributed by atoms with Gasteiger partial charge in [0, 0.05) is 55.2 Å². The van der Waals surface area contributed by atoms with Gasteiger partial charge >= 0.3 is 12.1 Å². The minimum Gasteiger partial charge on any atom is -0.460 e. The van der Waals surface area contributed by atoms with Crippen molar-refractivity contribution in [1.82, 2.24) is 15.1 Å². The molecule has 15 nitrogen and oxygen atoms in total. The van der Waals surface area contributed by atoms with E-state index in [-0.39, 0.29) is 67.1 Å². The fraction of sp³-hybridized carbons (Fsp3) is 0.407. The first kappa shape index (κ1) is 31.2. The van der Waals surface area contributed by atoms with Crippen LogP contribution in [0.25, 0.3) is 0 Å². The Balaban J connectivity index is 1.22. The van der Waals surface area contributed by atoms with E-state index in [4.69, 9.17) is 14.9 Å². The van der Waals surface area contributed by atoms with Gasteiger partial charge < -0.3 is 19.7 Å². The van der Waals surface area contributed by atoms with E-state index in [1.165, 1.54) is 53.4 Å². The molecule has 2 aliphatic heterocycles. The fourth-order valence-electron chi connectivity index (χ4n) is 4.85. The summed E-state index contributed by atoms with van der Waals surface area (Å²) in [6.45, 7) is 0.697.